The van der Waals surface area contributed by atoms with E-state index in [2.05, 4.69) is 0 Å². The normalized spacial score (nSPS) is 15.8. The van der Waals surface area contributed by atoms with E-state index >= 15 is 0 Å². The van der Waals surface area contributed by atoms with E-state index in [1.54, 1.807) is 0 Å². The van der Waals surface area contributed by atoms with Crippen molar-refractivity contribution in [3.05, 3.63) is 0 Å². The first-order valence-electron chi connectivity index (χ1n) is 2.68. The van der Waals surface area contributed by atoms with Crippen LogP contribution in [-0.4, -0.2) is 28.2 Å². The second-order valence-corrected chi connectivity index (χ2v) is 1.99. The zero-order valence-corrected chi connectivity index (χ0v) is 5.44. The first-order valence-corrected chi connectivity index (χ1v) is 2.68. The van der Waals surface area contributed by atoms with Crippen molar-refractivity contribution in [2.45, 2.75) is 13.0 Å². The number of hydrogen-bond acceptors (Lipinski definition) is 3. The van der Waals surface area contributed by atoms with Gasteiger partial charge in [-0.15, -0.1) is 0 Å². The quantitative estimate of drug-likeness (QED) is 0.481. The van der Waals surface area contributed by atoms with Crippen molar-refractivity contribution in [3.8, 4) is 0 Å². The molecule has 0 aliphatic carbocycles. The van der Waals surface area contributed by atoms with Gasteiger partial charge in [0.05, 0.1) is 5.92 Å². The molecule has 0 aromatic rings. The van der Waals surface area contributed by atoms with Crippen LogP contribution >= 0.6 is 0 Å². The number of aliphatic carboxylic acids is 2. The summed E-state index contributed by atoms with van der Waals surface area (Å²) in [6, 6.07) is -1.32. The second-order valence-electron chi connectivity index (χ2n) is 1.99. The molecule has 0 aromatic carbocycles. The predicted octanol–water partition coefficient (Wildman–Crippen LogP) is -0.881. The van der Waals surface area contributed by atoms with Gasteiger partial charge in [-0.25, -0.2) is 0 Å². The Balaban J connectivity index is 4.07. The molecule has 0 aliphatic rings. The first-order chi connectivity index (χ1) is 4.46. The van der Waals surface area contributed by atoms with E-state index in [-0.39, 0.29) is 0 Å². The van der Waals surface area contributed by atoms with Crippen LogP contribution in [0.4, 0.5) is 0 Å². The van der Waals surface area contributed by atoms with Crippen LogP contribution in [-0.2, 0) is 9.59 Å². The van der Waals surface area contributed by atoms with Gasteiger partial charge in [0.2, 0.25) is 0 Å². The number of rotatable bonds is 3. The van der Waals surface area contributed by atoms with Crippen molar-refractivity contribution >= 4 is 11.9 Å². The van der Waals surface area contributed by atoms with Gasteiger partial charge in [0.1, 0.15) is 6.04 Å². The monoisotopic (exact) mass is 147 g/mol. The van der Waals surface area contributed by atoms with Crippen LogP contribution in [0.2, 0.25) is 0 Å². The lowest BCUT2D eigenvalue weighted by Crippen LogP contribution is -2.40. The first kappa shape index (κ1) is 8.90. The molecule has 0 fully saturated rings. The summed E-state index contributed by atoms with van der Waals surface area (Å²) in [4.78, 5) is 20.2. The summed E-state index contributed by atoms with van der Waals surface area (Å²) in [5.41, 5.74) is 4.98. The summed E-state index contributed by atoms with van der Waals surface area (Å²) in [7, 11) is 0. The van der Waals surface area contributed by atoms with Gasteiger partial charge >= 0.3 is 11.9 Å². The number of nitrogens with two attached hydrogens (primary N) is 1. The summed E-state index contributed by atoms with van der Waals surface area (Å²) in [6.45, 7) is 1.25. The van der Waals surface area contributed by atoms with Gasteiger partial charge in [0.25, 0.3) is 0 Å². The number of carboxylic acids is 2. The van der Waals surface area contributed by atoms with Gasteiger partial charge in [0, 0.05) is 0 Å². The molecule has 0 unspecified atom stereocenters. The molecule has 10 heavy (non-hydrogen) atoms. The molecule has 0 rings (SSSR count). The Bertz CT molecular complexity index is 138. The molecule has 58 valence electrons. The molecule has 0 saturated carbocycles. The Morgan fingerprint density at radius 1 is 1.30 bits per heavy atom. The van der Waals surface area contributed by atoms with Crippen molar-refractivity contribution in [1.29, 1.82) is 0 Å². The largest absolute Gasteiger partial charge is 0.481 e. The van der Waals surface area contributed by atoms with Gasteiger partial charge in [-0.2, -0.15) is 0 Å². The van der Waals surface area contributed by atoms with Crippen LogP contribution in [0.1, 0.15) is 6.92 Å². The molecule has 4 N–H and O–H groups in total. The zero-order valence-electron chi connectivity index (χ0n) is 5.44. The number of carbonyl (C=O) groups is 2. The van der Waals surface area contributed by atoms with Gasteiger partial charge in [-0.05, 0) is 6.92 Å². The average molecular weight is 147 g/mol. The summed E-state index contributed by atoms with van der Waals surface area (Å²) in [6.07, 6.45) is 0. The summed E-state index contributed by atoms with van der Waals surface area (Å²) in [5.74, 6) is -3.54. The van der Waals surface area contributed by atoms with Crippen LogP contribution in [0.3, 0.4) is 0 Å². The molecular formula is C5H9NO4. The van der Waals surface area contributed by atoms with Crippen LogP contribution < -0.4 is 5.73 Å². The lowest BCUT2D eigenvalue weighted by molar-refractivity contribution is -0.149. The van der Waals surface area contributed by atoms with E-state index in [9.17, 15) is 9.59 Å². The average Bonchev–Trinajstić information content (AvgIpc) is 1.84. The lowest BCUT2D eigenvalue weighted by Gasteiger charge is -2.09. The van der Waals surface area contributed by atoms with E-state index in [0.717, 1.165) is 0 Å². The SMILES string of the molecule is C[C@H](C(=O)O)[C@H](N)C(=O)O. The molecule has 0 aromatic heterocycles. The van der Waals surface area contributed by atoms with Crippen molar-refractivity contribution in [2.75, 3.05) is 0 Å². The molecule has 5 heteroatoms. The second kappa shape index (κ2) is 3.17. The molecule has 0 radical (unpaired) electrons. The Hall–Kier alpha value is -1.10. The van der Waals surface area contributed by atoms with Gasteiger partial charge < -0.3 is 15.9 Å². The molecule has 0 bridgehead atoms. The fourth-order valence-corrected chi connectivity index (χ4v) is 0.367. The fourth-order valence-electron chi connectivity index (χ4n) is 0.367. The Morgan fingerprint density at radius 2 is 1.70 bits per heavy atom. The topological polar surface area (TPSA) is 101 Å². The molecule has 0 amide bonds. The third kappa shape index (κ3) is 2.02. The van der Waals surface area contributed by atoms with Crippen LogP contribution in [0, 0.1) is 5.92 Å². The van der Waals surface area contributed by atoms with Crippen molar-refractivity contribution in [2.24, 2.45) is 11.7 Å². The maximum absolute atomic E-state index is 10.1. The Morgan fingerprint density at radius 3 is 1.80 bits per heavy atom. The third-order valence-corrected chi connectivity index (χ3v) is 1.21. The lowest BCUT2D eigenvalue weighted by atomic mass is 10.0. The van der Waals surface area contributed by atoms with E-state index in [1.807, 2.05) is 0 Å². The number of carboxylic acid groups (broad SMARTS) is 2. The summed E-state index contributed by atoms with van der Waals surface area (Å²) in [5, 5.41) is 16.5. The molecular weight excluding hydrogens is 138 g/mol. The van der Waals surface area contributed by atoms with Crippen LogP contribution in [0.5, 0.6) is 0 Å². The molecule has 2 atom stereocenters. The summed E-state index contributed by atoms with van der Waals surface area (Å²) >= 11 is 0. The minimum absolute atomic E-state index is 1.04. The van der Waals surface area contributed by atoms with Crippen molar-refractivity contribution in [1.82, 2.24) is 0 Å². The minimum atomic E-state index is -1.32. The van der Waals surface area contributed by atoms with Gasteiger partial charge in [-0.3, -0.25) is 9.59 Å². The maximum atomic E-state index is 10.1. The highest BCUT2D eigenvalue weighted by Crippen LogP contribution is 1.99. The molecule has 5 nitrogen and oxygen atoms in total. The third-order valence-electron chi connectivity index (χ3n) is 1.21. The standard InChI is InChI=1S/C5H9NO4/c1-2(4(7)8)3(6)5(9)10/h2-3H,6H2,1H3,(H,7,8)(H,9,10)/t2-,3-/m0/s1. The molecule has 0 heterocycles. The van der Waals surface area contributed by atoms with Gasteiger partial charge in [0.15, 0.2) is 0 Å². The van der Waals surface area contributed by atoms with Crippen LogP contribution in [0.15, 0.2) is 0 Å². The highest BCUT2D eigenvalue weighted by Gasteiger charge is 2.25. The van der Waals surface area contributed by atoms with Crippen molar-refractivity contribution in [3.63, 3.8) is 0 Å². The molecule has 0 spiro atoms. The highest BCUT2D eigenvalue weighted by molar-refractivity contribution is 5.82. The van der Waals surface area contributed by atoms with E-state index < -0.39 is 23.9 Å². The molecule has 0 saturated heterocycles. The predicted molar refractivity (Wildman–Crippen MR) is 32.4 cm³/mol. The Labute approximate surface area is 57.5 Å². The number of hydrogen-bond donors (Lipinski definition) is 3. The molecule has 0 aliphatic heterocycles. The van der Waals surface area contributed by atoms with E-state index in [4.69, 9.17) is 15.9 Å². The Kier molecular flexibility index (Phi) is 2.82. The van der Waals surface area contributed by atoms with E-state index in [0.29, 0.717) is 0 Å². The zero-order chi connectivity index (χ0) is 8.31. The highest BCUT2D eigenvalue weighted by atomic mass is 16.4. The van der Waals surface area contributed by atoms with Gasteiger partial charge in [-0.1, -0.05) is 0 Å². The van der Waals surface area contributed by atoms with Crippen molar-refractivity contribution < 1.29 is 19.8 Å². The summed E-state index contributed by atoms with van der Waals surface area (Å²) < 4.78 is 0. The van der Waals surface area contributed by atoms with Crippen LogP contribution in [0.25, 0.3) is 0 Å². The van der Waals surface area contributed by atoms with E-state index in [1.165, 1.54) is 6.92 Å². The smallest absolute Gasteiger partial charge is 0.321 e. The fraction of sp³-hybridized carbons (Fsp3) is 0.600. The minimum Gasteiger partial charge on any atom is -0.481 e. The maximum Gasteiger partial charge on any atom is 0.321 e.